The number of aromatic carboxylic acids is 2. The Balaban J connectivity index is -0.0000000771. The van der Waals surface area contributed by atoms with E-state index in [9.17, 15) is 19.8 Å². The van der Waals surface area contributed by atoms with Crippen LogP contribution in [0, 0.1) is 0 Å². The maximum Gasteiger partial charge on any atom is 2.00 e. The quantitative estimate of drug-likeness (QED) is 0.367. The minimum absolute atomic E-state index is 0. The molecule has 0 spiro atoms. The van der Waals surface area contributed by atoms with E-state index in [1.165, 1.54) is 49.1 Å². The number of pyridine rings is 2. The summed E-state index contributed by atoms with van der Waals surface area (Å²) in [6.45, 7) is 0. The Morgan fingerprint density at radius 2 is 0.870 bits per heavy atom. The minimum atomic E-state index is -1.17. The standard InChI is InChI=1S/2C6H5NO2.Fe.4H2O/c2*8-6(9)5-1-3-7-4-2-5;;;;;/h2*1-4H,(H,8,9);;4*1H2/q;;+2;;;;/p+2. The Morgan fingerprint density at radius 1 is 0.652 bits per heavy atom. The van der Waals surface area contributed by atoms with Gasteiger partial charge in [0, 0.05) is 35.9 Å². The Kier molecular flexibility index (Phi) is 25.0. The second-order valence-corrected chi connectivity index (χ2v) is 3.05. The zero-order valence-corrected chi connectivity index (χ0v) is 12.9. The minimum Gasteiger partial charge on any atom is -0.545 e. The number of hydrogen-bond donors (Lipinski definition) is 0. The SMILES string of the molecule is O=C([O-])c1ccncc1.O=C([O-])c1ccncc1.[Fe+2].[OH3+].[OH3+].[OH3+].[OH3+]. The number of hydrogen-bond acceptors (Lipinski definition) is 6. The van der Waals surface area contributed by atoms with Crippen molar-refractivity contribution in [2.75, 3.05) is 0 Å². The van der Waals surface area contributed by atoms with E-state index >= 15 is 0 Å². The second-order valence-electron chi connectivity index (χ2n) is 3.05. The number of nitrogens with zero attached hydrogens (tertiary/aromatic N) is 2. The molecule has 23 heavy (non-hydrogen) atoms. The summed E-state index contributed by atoms with van der Waals surface area (Å²) >= 11 is 0. The van der Waals surface area contributed by atoms with Crippen LogP contribution in [0.4, 0.5) is 0 Å². The molecule has 2 heterocycles. The van der Waals surface area contributed by atoms with Crippen LogP contribution in [0.25, 0.3) is 0 Å². The van der Waals surface area contributed by atoms with Gasteiger partial charge >= 0.3 is 17.1 Å². The summed E-state index contributed by atoms with van der Waals surface area (Å²) in [6.07, 6.45) is 5.63. The fourth-order valence-corrected chi connectivity index (χ4v) is 0.976. The fourth-order valence-electron chi connectivity index (χ4n) is 0.976. The molecule has 2 aromatic heterocycles. The van der Waals surface area contributed by atoms with Crippen molar-refractivity contribution in [1.29, 1.82) is 0 Å². The van der Waals surface area contributed by atoms with E-state index in [0.717, 1.165) is 0 Å². The van der Waals surface area contributed by atoms with Gasteiger partial charge in [-0.15, -0.1) is 0 Å². The molecule has 0 saturated carbocycles. The van der Waals surface area contributed by atoms with Gasteiger partial charge in [-0.2, -0.15) is 0 Å². The Labute approximate surface area is 141 Å². The monoisotopic (exact) mass is 376 g/mol. The molecular formula is C12H20FeN2O8+4. The summed E-state index contributed by atoms with van der Waals surface area (Å²) in [6, 6.07) is 5.54. The van der Waals surface area contributed by atoms with Crippen molar-refractivity contribution in [3.63, 3.8) is 0 Å². The van der Waals surface area contributed by atoms with E-state index in [1.54, 1.807) is 0 Å². The summed E-state index contributed by atoms with van der Waals surface area (Å²) < 4.78 is 0. The van der Waals surface area contributed by atoms with Crippen LogP contribution in [0.15, 0.2) is 49.1 Å². The third kappa shape index (κ3) is 13.0. The van der Waals surface area contributed by atoms with Gasteiger partial charge in [-0.1, -0.05) is 0 Å². The number of carbonyl (C=O) groups is 2. The molecule has 0 radical (unpaired) electrons. The molecule has 2 rings (SSSR count). The van der Waals surface area contributed by atoms with Gasteiger partial charge in [-0.05, 0) is 24.3 Å². The first-order chi connectivity index (χ1) is 8.61. The van der Waals surface area contributed by atoms with Crippen molar-refractivity contribution in [3.05, 3.63) is 60.2 Å². The number of rotatable bonds is 2. The van der Waals surface area contributed by atoms with Crippen molar-refractivity contribution in [1.82, 2.24) is 9.97 Å². The first-order valence-corrected chi connectivity index (χ1v) is 4.84. The average molecular weight is 376 g/mol. The molecule has 0 aromatic carbocycles. The molecule has 0 aliphatic rings. The Bertz CT molecular complexity index is 478. The van der Waals surface area contributed by atoms with Gasteiger partial charge in [0.05, 0.1) is 11.9 Å². The van der Waals surface area contributed by atoms with Gasteiger partial charge in [0.1, 0.15) is 0 Å². The van der Waals surface area contributed by atoms with E-state index in [1.807, 2.05) is 0 Å². The van der Waals surface area contributed by atoms with Crippen LogP contribution in [0.2, 0.25) is 0 Å². The number of carbonyl (C=O) groups excluding carboxylic acids is 2. The Morgan fingerprint density at radius 3 is 1.00 bits per heavy atom. The van der Waals surface area contributed by atoms with Gasteiger partial charge in [-0.3, -0.25) is 9.97 Å². The molecule has 2 aromatic rings. The zero-order chi connectivity index (χ0) is 13.4. The molecule has 0 saturated heterocycles. The molecule has 0 aliphatic heterocycles. The van der Waals surface area contributed by atoms with E-state index < -0.39 is 11.9 Å². The predicted octanol–water partition coefficient (Wildman–Crippen LogP) is -4.80. The van der Waals surface area contributed by atoms with Crippen LogP contribution in [0.3, 0.4) is 0 Å². The smallest absolute Gasteiger partial charge is 0.545 e. The van der Waals surface area contributed by atoms with Crippen LogP contribution in [-0.2, 0) is 39.0 Å². The van der Waals surface area contributed by atoms with Crippen LogP contribution in [0.5, 0.6) is 0 Å². The Hall–Kier alpha value is -2.40. The van der Waals surface area contributed by atoms with Crippen molar-refractivity contribution in [3.8, 4) is 0 Å². The molecule has 0 aliphatic carbocycles. The predicted molar refractivity (Wildman–Crippen MR) is 76.6 cm³/mol. The van der Waals surface area contributed by atoms with Crippen LogP contribution >= 0.6 is 0 Å². The van der Waals surface area contributed by atoms with Crippen molar-refractivity contribution in [2.45, 2.75) is 0 Å². The molecule has 0 unspecified atom stereocenters. The molecule has 0 bridgehead atoms. The van der Waals surface area contributed by atoms with Crippen LogP contribution in [-0.4, -0.2) is 21.9 Å². The van der Waals surface area contributed by atoms with Gasteiger partial charge in [-0.25, -0.2) is 0 Å². The van der Waals surface area contributed by atoms with Crippen molar-refractivity contribution in [2.24, 2.45) is 0 Å². The number of carboxylic acids is 2. The van der Waals surface area contributed by atoms with Gasteiger partial charge in [0.25, 0.3) is 0 Å². The molecule has 11 heteroatoms. The molecule has 12 N–H and O–H groups in total. The summed E-state index contributed by atoms with van der Waals surface area (Å²) in [5.41, 5.74) is 0.315. The zero-order valence-electron chi connectivity index (χ0n) is 11.8. The maximum absolute atomic E-state index is 10.1. The normalized spacial score (nSPS) is 6.96. The van der Waals surface area contributed by atoms with Crippen molar-refractivity contribution < 1.29 is 58.8 Å². The maximum atomic E-state index is 10.1. The van der Waals surface area contributed by atoms with Crippen LogP contribution < -0.4 is 10.2 Å². The van der Waals surface area contributed by atoms with E-state index in [2.05, 4.69) is 9.97 Å². The number of aromatic nitrogens is 2. The van der Waals surface area contributed by atoms with Gasteiger partial charge < -0.3 is 41.7 Å². The average Bonchev–Trinajstić information content (AvgIpc) is 2.41. The summed E-state index contributed by atoms with van der Waals surface area (Å²) in [7, 11) is 0. The number of carboxylic acid groups (broad SMARTS) is 2. The molecule has 10 nitrogen and oxygen atoms in total. The van der Waals surface area contributed by atoms with E-state index in [0.29, 0.717) is 0 Å². The summed E-state index contributed by atoms with van der Waals surface area (Å²) in [5.74, 6) is -2.34. The van der Waals surface area contributed by atoms with Crippen LogP contribution in [0.1, 0.15) is 20.7 Å². The third-order valence-corrected chi connectivity index (χ3v) is 1.83. The molecule has 0 fully saturated rings. The van der Waals surface area contributed by atoms with E-state index in [-0.39, 0.29) is 50.1 Å². The molecular weight excluding hydrogens is 356 g/mol. The molecule has 0 atom stereocenters. The summed E-state index contributed by atoms with van der Waals surface area (Å²) in [5, 5.41) is 20.1. The first-order valence-electron chi connectivity index (χ1n) is 4.84. The topological polar surface area (TPSA) is 238 Å². The first kappa shape index (κ1) is 32.5. The van der Waals surface area contributed by atoms with Gasteiger partial charge in [0.15, 0.2) is 0 Å². The van der Waals surface area contributed by atoms with Crippen molar-refractivity contribution >= 4 is 11.9 Å². The fraction of sp³-hybridized carbons (Fsp3) is 0. The largest absolute Gasteiger partial charge is 2.00 e. The molecule has 130 valence electrons. The molecule has 0 amide bonds. The van der Waals surface area contributed by atoms with E-state index in [4.69, 9.17) is 0 Å². The third-order valence-electron chi connectivity index (χ3n) is 1.83. The second kappa shape index (κ2) is 17.7. The van der Waals surface area contributed by atoms with Gasteiger partial charge in [0.2, 0.25) is 0 Å². The summed E-state index contributed by atoms with van der Waals surface area (Å²) in [4.78, 5) is 27.4.